The zero-order chi connectivity index (χ0) is 4.00. The van der Waals surface area contributed by atoms with E-state index in [0.717, 1.165) is 19.8 Å². The Morgan fingerprint density at radius 1 is 1.25 bits per heavy atom. The molecular weight excluding hydrogens is 254 g/mol. The Morgan fingerprint density at radius 3 is 1.25 bits per heavy atom. The second kappa shape index (κ2) is 45.1. The zero-order valence-corrected chi connectivity index (χ0v) is 5.53. The van der Waals surface area contributed by atoms with Crippen LogP contribution in [0.3, 0.4) is 0 Å². The molecule has 0 aliphatic rings. The first-order valence-corrected chi connectivity index (χ1v) is 1.92. The van der Waals surface area contributed by atoms with Crippen molar-refractivity contribution in [3.05, 3.63) is 0 Å². The molecule has 0 aromatic heterocycles. The van der Waals surface area contributed by atoms with Crippen LogP contribution in [0, 0.1) is 0 Å². The second-order valence-corrected chi connectivity index (χ2v) is 0. The van der Waals surface area contributed by atoms with Gasteiger partial charge in [0.2, 0.25) is 0 Å². The fraction of sp³-hybridized carbons (Fsp3) is 0. The van der Waals surface area contributed by atoms with Gasteiger partial charge in [0, 0.05) is 0 Å². The Kier molecular flexibility index (Phi) is 99.8. The zero-order valence-electron chi connectivity index (χ0n) is 1.84. The van der Waals surface area contributed by atoms with Crippen molar-refractivity contribution in [2.24, 2.45) is 0 Å². The summed E-state index contributed by atoms with van der Waals surface area (Å²) in [6.07, 6.45) is 0. The summed E-state index contributed by atoms with van der Waals surface area (Å²) in [5, 5.41) is 0. The molecule has 0 aromatic carbocycles. The molecule has 0 bridgehead atoms. The summed E-state index contributed by atoms with van der Waals surface area (Å²) in [4.78, 5) is 0. The van der Waals surface area contributed by atoms with Gasteiger partial charge in [-0.15, -0.1) is 0 Å². The summed E-state index contributed by atoms with van der Waals surface area (Å²) in [6.45, 7) is 0. The van der Waals surface area contributed by atoms with Crippen molar-refractivity contribution in [1.82, 2.24) is 0 Å². The molecule has 0 aliphatic heterocycles. The standard InChI is InChI=1S/Al.2O.Pt.H. The van der Waals surface area contributed by atoms with E-state index in [2.05, 4.69) is 0 Å². The molecule has 0 atom stereocenters. The molecule has 4 heteroatoms. The van der Waals surface area contributed by atoms with E-state index in [1.807, 2.05) is 0 Å². The van der Waals surface area contributed by atoms with Crippen LogP contribution in [0.1, 0.15) is 0 Å². The van der Waals surface area contributed by atoms with Crippen LogP contribution in [0.5, 0.6) is 0 Å². The van der Waals surface area contributed by atoms with Gasteiger partial charge in [-0.1, -0.05) is 0 Å². The molecule has 0 fully saturated rings. The summed E-state index contributed by atoms with van der Waals surface area (Å²) >= 11 is 1.50. The summed E-state index contributed by atoms with van der Waals surface area (Å²) < 4.78 is 16.5. The van der Waals surface area contributed by atoms with Gasteiger partial charge in [0.1, 0.15) is 0 Å². The van der Waals surface area contributed by atoms with E-state index in [1.165, 1.54) is 0 Å². The first-order chi connectivity index (χ1) is 2.00. The molecule has 0 spiro atoms. The van der Waals surface area contributed by atoms with Crippen LogP contribution in [-0.4, -0.2) is 16.2 Å². The fourth-order valence-corrected chi connectivity index (χ4v) is 0. The molecule has 0 saturated heterocycles. The molecule has 0 unspecified atom stereocenters. The molecule has 2 nitrogen and oxygen atoms in total. The van der Waals surface area contributed by atoms with Gasteiger partial charge in [-0.3, -0.25) is 0 Å². The molecule has 0 heterocycles. The van der Waals surface area contributed by atoms with E-state index in [1.54, 1.807) is 0 Å². The summed E-state index contributed by atoms with van der Waals surface area (Å²) in [5.41, 5.74) is 0. The van der Waals surface area contributed by atoms with Gasteiger partial charge in [-0.05, 0) is 0 Å². The van der Waals surface area contributed by atoms with Gasteiger partial charge >= 0.3 is 43.2 Å². The third-order valence-electron chi connectivity index (χ3n) is 0. The SMILES string of the molecule is [O]=[AlH].[O]=[Pt]. The maximum absolute atomic E-state index is 8.28. The van der Waals surface area contributed by atoms with Crippen LogP contribution in [0.4, 0.5) is 0 Å². The topological polar surface area (TPSA) is 34.1 Å². The average Bonchev–Trinajstić information content (AvgIpc) is 1.50. The predicted octanol–water partition coefficient (Wildman–Crippen LogP) is -0.889. The van der Waals surface area contributed by atoms with Crippen LogP contribution in [0.2, 0.25) is 0 Å². The van der Waals surface area contributed by atoms with E-state index in [9.17, 15) is 0 Å². The third kappa shape index (κ3) is 13.9. The van der Waals surface area contributed by atoms with E-state index in [-0.39, 0.29) is 0 Å². The van der Waals surface area contributed by atoms with Gasteiger partial charge in [0.25, 0.3) is 0 Å². The molecule has 0 amide bonds. The van der Waals surface area contributed by atoms with Crippen molar-refractivity contribution in [2.75, 3.05) is 0 Å². The quantitative estimate of drug-likeness (QED) is 0.526. The van der Waals surface area contributed by atoms with Gasteiger partial charge in [0.15, 0.2) is 0 Å². The molecule has 4 heavy (non-hydrogen) atoms. The predicted molar refractivity (Wildman–Crippen MR) is 8.52 cm³/mol. The van der Waals surface area contributed by atoms with Gasteiger partial charge < -0.3 is 0 Å². The van der Waals surface area contributed by atoms with E-state index in [0.29, 0.717) is 16.2 Å². The van der Waals surface area contributed by atoms with Crippen molar-refractivity contribution in [3.8, 4) is 0 Å². The van der Waals surface area contributed by atoms with Crippen molar-refractivity contribution >= 4 is 16.2 Å². The van der Waals surface area contributed by atoms with Crippen LogP contribution < -0.4 is 0 Å². The van der Waals surface area contributed by atoms with Crippen LogP contribution in [0.15, 0.2) is 0 Å². The Balaban J connectivity index is 0. The van der Waals surface area contributed by atoms with Gasteiger partial charge in [-0.25, -0.2) is 0 Å². The molecular formula is HAlO2Pt. The summed E-state index contributed by atoms with van der Waals surface area (Å²) in [7, 11) is 0. The molecule has 0 aliphatic carbocycles. The van der Waals surface area contributed by atoms with Crippen LogP contribution in [0.25, 0.3) is 0 Å². The van der Waals surface area contributed by atoms with Crippen molar-refractivity contribution in [2.45, 2.75) is 0 Å². The van der Waals surface area contributed by atoms with E-state index < -0.39 is 0 Å². The first-order valence-electron chi connectivity index (χ1n) is 0.418. The molecule has 26 valence electrons. The number of rotatable bonds is 0. The Hall–Kier alpha value is 0.821. The van der Waals surface area contributed by atoms with Crippen molar-refractivity contribution in [3.63, 3.8) is 0 Å². The van der Waals surface area contributed by atoms with Crippen molar-refractivity contribution in [1.29, 1.82) is 0 Å². The first kappa shape index (κ1) is 8.84. The number of hydrogen-bond acceptors (Lipinski definition) is 2. The van der Waals surface area contributed by atoms with Gasteiger partial charge in [0.05, 0.1) is 0 Å². The molecule has 0 radical (unpaired) electrons. The van der Waals surface area contributed by atoms with E-state index in [4.69, 9.17) is 7.20 Å². The van der Waals surface area contributed by atoms with Crippen LogP contribution in [-0.2, 0) is 27.0 Å². The van der Waals surface area contributed by atoms with Crippen molar-refractivity contribution < 1.29 is 27.0 Å². The van der Waals surface area contributed by atoms with Gasteiger partial charge in [-0.2, -0.15) is 0 Å². The number of hydrogen-bond donors (Lipinski definition) is 0. The minimum atomic E-state index is 0.611. The minimum absolute atomic E-state index is 0.611. The van der Waals surface area contributed by atoms with E-state index >= 15 is 0 Å². The Bertz CT molecular complexity index is 8.00. The Morgan fingerprint density at radius 2 is 1.25 bits per heavy atom. The fourth-order valence-electron chi connectivity index (χ4n) is 0. The third-order valence-corrected chi connectivity index (χ3v) is 0. The normalized spacial score (nSPS) is 2.25. The monoisotopic (exact) mass is 255 g/mol. The molecule has 0 saturated carbocycles. The van der Waals surface area contributed by atoms with Crippen LogP contribution >= 0.6 is 0 Å². The molecule has 0 rings (SSSR count). The molecule has 0 N–H and O–H groups in total. The average molecular weight is 255 g/mol. The maximum atomic E-state index is 8.28. The second-order valence-electron chi connectivity index (χ2n) is 0. The summed E-state index contributed by atoms with van der Waals surface area (Å²) in [6, 6.07) is 0. The molecule has 0 aromatic rings. The Labute approximate surface area is 43.4 Å². The summed E-state index contributed by atoms with van der Waals surface area (Å²) in [5.74, 6) is 0.